The highest BCUT2D eigenvalue weighted by molar-refractivity contribution is 7.18. The monoisotopic (exact) mass is 358 g/mol. The third-order valence-electron chi connectivity index (χ3n) is 4.28. The summed E-state index contributed by atoms with van der Waals surface area (Å²) in [6, 6.07) is 5.97. The summed E-state index contributed by atoms with van der Waals surface area (Å²) in [7, 11) is 0. The molecule has 0 spiro atoms. The average molecular weight is 358 g/mol. The van der Waals surface area contributed by atoms with E-state index < -0.39 is 0 Å². The minimum atomic E-state index is 0.00986. The number of hydrogen-bond acceptors (Lipinski definition) is 6. The molecule has 2 aromatic heterocycles. The highest BCUT2D eigenvalue weighted by Gasteiger charge is 2.22. The number of rotatable bonds is 3. The number of carbonyl (C=O) groups is 1. The molecule has 0 atom stereocenters. The molecule has 5 nitrogen and oxygen atoms in total. The van der Waals surface area contributed by atoms with Crippen LogP contribution in [0.1, 0.15) is 28.2 Å². The van der Waals surface area contributed by atoms with E-state index in [9.17, 15) is 4.79 Å². The standard InChI is InChI=1S/C17H18N4OS2/c1-11-19-14-3-2-12(10-15(14)24-11)16(22)20-13-4-7-21(8-5-13)17-18-6-9-23-17/h2-3,6,9-10,13H,4-5,7-8H2,1H3,(H,20,22). The molecule has 0 aliphatic carbocycles. The van der Waals surface area contributed by atoms with Crippen LogP contribution >= 0.6 is 22.7 Å². The maximum Gasteiger partial charge on any atom is 0.251 e. The lowest BCUT2D eigenvalue weighted by atomic mass is 10.0. The molecule has 0 unspecified atom stereocenters. The van der Waals surface area contributed by atoms with Crippen molar-refractivity contribution in [2.24, 2.45) is 0 Å². The van der Waals surface area contributed by atoms with Crippen LogP contribution in [0.2, 0.25) is 0 Å². The first-order valence-electron chi connectivity index (χ1n) is 8.01. The Bertz CT molecular complexity index is 851. The van der Waals surface area contributed by atoms with E-state index in [2.05, 4.69) is 20.2 Å². The molecule has 124 valence electrons. The van der Waals surface area contributed by atoms with Gasteiger partial charge in [-0.25, -0.2) is 9.97 Å². The summed E-state index contributed by atoms with van der Waals surface area (Å²) < 4.78 is 1.07. The maximum absolute atomic E-state index is 12.5. The molecule has 0 radical (unpaired) electrons. The Balaban J connectivity index is 1.39. The Labute approximate surface area is 148 Å². The zero-order valence-corrected chi connectivity index (χ0v) is 15.0. The molecule has 1 fully saturated rings. The number of anilines is 1. The molecule has 1 N–H and O–H groups in total. The molecule has 7 heteroatoms. The fourth-order valence-electron chi connectivity index (χ4n) is 3.04. The summed E-state index contributed by atoms with van der Waals surface area (Å²) in [6.07, 6.45) is 3.74. The van der Waals surface area contributed by atoms with Crippen LogP contribution in [0, 0.1) is 6.92 Å². The largest absolute Gasteiger partial charge is 0.349 e. The van der Waals surface area contributed by atoms with Crippen LogP contribution in [0.5, 0.6) is 0 Å². The molecule has 0 saturated carbocycles. The SMILES string of the molecule is Cc1nc2ccc(C(=O)NC3CCN(c4nccs4)CC3)cc2s1. The van der Waals surface area contributed by atoms with E-state index in [-0.39, 0.29) is 11.9 Å². The van der Waals surface area contributed by atoms with Gasteiger partial charge in [-0.15, -0.1) is 22.7 Å². The van der Waals surface area contributed by atoms with Crippen LogP contribution < -0.4 is 10.2 Å². The molecule has 24 heavy (non-hydrogen) atoms. The molecule has 1 aliphatic rings. The predicted molar refractivity (Wildman–Crippen MR) is 99.2 cm³/mol. The lowest BCUT2D eigenvalue weighted by Crippen LogP contribution is -2.44. The summed E-state index contributed by atoms with van der Waals surface area (Å²) in [4.78, 5) is 23.6. The molecule has 1 amide bonds. The predicted octanol–water partition coefficient (Wildman–Crippen LogP) is 3.46. The second-order valence-corrected chi connectivity index (χ2v) is 8.07. The number of aromatic nitrogens is 2. The normalized spacial score (nSPS) is 15.8. The Kier molecular flexibility index (Phi) is 4.20. The third kappa shape index (κ3) is 3.14. The molecular formula is C17H18N4OS2. The van der Waals surface area contributed by atoms with E-state index in [0.29, 0.717) is 5.56 Å². The smallest absolute Gasteiger partial charge is 0.251 e. The summed E-state index contributed by atoms with van der Waals surface area (Å²) in [6.45, 7) is 3.86. The molecule has 1 aliphatic heterocycles. The van der Waals surface area contributed by atoms with Gasteiger partial charge >= 0.3 is 0 Å². The van der Waals surface area contributed by atoms with Gasteiger partial charge in [0.2, 0.25) is 0 Å². The van der Waals surface area contributed by atoms with Crippen LogP contribution in [0.3, 0.4) is 0 Å². The van der Waals surface area contributed by atoms with Gasteiger partial charge in [-0.1, -0.05) is 0 Å². The minimum Gasteiger partial charge on any atom is -0.349 e. The van der Waals surface area contributed by atoms with Crippen molar-refractivity contribution in [1.82, 2.24) is 15.3 Å². The first kappa shape index (κ1) is 15.5. The van der Waals surface area contributed by atoms with Gasteiger partial charge < -0.3 is 10.2 Å². The van der Waals surface area contributed by atoms with Crippen molar-refractivity contribution in [2.45, 2.75) is 25.8 Å². The van der Waals surface area contributed by atoms with E-state index in [1.807, 2.05) is 36.7 Å². The van der Waals surface area contributed by atoms with Gasteiger partial charge in [0.15, 0.2) is 5.13 Å². The quantitative estimate of drug-likeness (QED) is 0.779. The van der Waals surface area contributed by atoms with Crippen molar-refractivity contribution < 1.29 is 4.79 Å². The van der Waals surface area contributed by atoms with Crippen molar-refractivity contribution in [3.63, 3.8) is 0 Å². The first-order chi connectivity index (χ1) is 11.7. The zero-order valence-electron chi connectivity index (χ0n) is 13.4. The highest BCUT2D eigenvalue weighted by Crippen LogP contribution is 2.24. The van der Waals surface area contributed by atoms with E-state index in [4.69, 9.17) is 0 Å². The van der Waals surface area contributed by atoms with Gasteiger partial charge in [-0.3, -0.25) is 4.79 Å². The molecule has 3 aromatic rings. The molecular weight excluding hydrogens is 340 g/mol. The first-order valence-corrected chi connectivity index (χ1v) is 9.71. The van der Waals surface area contributed by atoms with Gasteiger partial charge in [-0.05, 0) is 38.0 Å². The van der Waals surface area contributed by atoms with Crippen molar-refractivity contribution in [1.29, 1.82) is 0 Å². The Hall–Kier alpha value is -1.99. The Morgan fingerprint density at radius 1 is 1.33 bits per heavy atom. The van der Waals surface area contributed by atoms with Crippen molar-refractivity contribution in [3.05, 3.63) is 40.3 Å². The summed E-state index contributed by atoms with van der Waals surface area (Å²) >= 11 is 3.29. The van der Waals surface area contributed by atoms with E-state index in [1.165, 1.54) is 0 Å². The van der Waals surface area contributed by atoms with Gasteiger partial charge in [0.05, 0.1) is 15.2 Å². The lowest BCUT2D eigenvalue weighted by Gasteiger charge is -2.32. The van der Waals surface area contributed by atoms with Crippen LogP contribution in [-0.2, 0) is 0 Å². The number of fused-ring (bicyclic) bond motifs is 1. The van der Waals surface area contributed by atoms with Crippen LogP contribution in [-0.4, -0.2) is 35.0 Å². The van der Waals surface area contributed by atoms with Crippen molar-refractivity contribution >= 4 is 43.9 Å². The number of aryl methyl sites for hydroxylation is 1. The lowest BCUT2D eigenvalue weighted by molar-refractivity contribution is 0.0931. The van der Waals surface area contributed by atoms with E-state index >= 15 is 0 Å². The molecule has 3 heterocycles. The van der Waals surface area contributed by atoms with Gasteiger partial charge in [0, 0.05) is 36.3 Å². The van der Waals surface area contributed by atoms with Crippen LogP contribution in [0.15, 0.2) is 29.8 Å². The number of piperidine rings is 1. The van der Waals surface area contributed by atoms with E-state index in [0.717, 1.165) is 46.3 Å². The topological polar surface area (TPSA) is 58.1 Å². The number of benzene rings is 1. The summed E-state index contributed by atoms with van der Waals surface area (Å²) in [5.41, 5.74) is 1.68. The number of hydrogen-bond donors (Lipinski definition) is 1. The fourth-order valence-corrected chi connectivity index (χ4v) is 4.60. The number of thiazole rings is 2. The van der Waals surface area contributed by atoms with Crippen molar-refractivity contribution in [3.8, 4) is 0 Å². The molecule has 1 aromatic carbocycles. The van der Waals surface area contributed by atoms with Gasteiger partial charge in [0.1, 0.15) is 0 Å². The number of amides is 1. The van der Waals surface area contributed by atoms with Crippen LogP contribution in [0.4, 0.5) is 5.13 Å². The summed E-state index contributed by atoms with van der Waals surface area (Å²) in [5.74, 6) is 0.00986. The molecule has 0 bridgehead atoms. The zero-order chi connectivity index (χ0) is 16.5. The van der Waals surface area contributed by atoms with Gasteiger partial charge in [0.25, 0.3) is 5.91 Å². The maximum atomic E-state index is 12.5. The second-order valence-electron chi connectivity index (χ2n) is 5.96. The fraction of sp³-hybridized carbons (Fsp3) is 0.353. The van der Waals surface area contributed by atoms with Crippen molar-refractivity contribution in [2.75, 3.05) is 18.0 Å². The number of nitrogens with one attached hydrogen (secondary N) is 1. The molecule has 1 saturated heterocycles. The van der Waals surface area contributed by atoms with Gasteiger partial charge in [-0.2, -0.15) is 0 Å². The summed E-state index contributed by atoms with van der Waals surface area (Å²) in [5, 5.41) is 7.27. The molecule has 4 rings (SSSR count). The second kappa shape index (κ2) is 6.49. The number of nitrogens with zero attached hydrogens (tertiary/aromatic N) is 3. The third-order valence-corrected chi connectivity index (χ3v) is 6.04. The minimum absolute atomic E-state index is 0.00986. The highest BCUT2D eigenvalue weighted by atomic mass is 32.1. The van der Waals surface area contributed by atoms with Crippen LogP contribution in [0.25, 0.3) is 10.2 Å². The Morgan fingerprint density at radius 2 is 2.17 bits per heavy atom. The number of carbonyl (C=O) groups excluding carboxylic acids is 1. The average Bonchev–Trinajstić information content (AvgIpc) is 3.23. The van der Waals surface area contributed by atoms with E-state index in [1.54, 1.807) is 22.7 Å². The Morgan fingerprint density at radius 3 is 2.92 bits per heavy atom.